The van der Waals surface area contributed by atoms with Crippen LogP contribution in [0.15, 0.2) is 61.1 Å². The number of β-amino-alcohol motifs (C(OH)–C–C–N with tert-alkyl or cyclic N) is 1. The van der Waals surface area contributed by atoms with Gasteiger partial charge < -0.3 is 14.7 Å². The molecule has 0 bridgehead atoms. The molecule has 1 aliphatic rings. The third-order valence-corrected chi connectivity index (χ3v) is 4.88. The van der Waals surface area contributed by atoms with Gasteiger partial charge in [0.15, 0.2) is 0 Å². The van der Waals surface area contributed by atoms with Crippen molar-refractivity contribution in [1.29, 1.82) is 0 Å². The fourth-order valence-electron chi connectivity index (χ4n) is 3.41. The summed E-state index contributed by atoms with van der Waals surface area (Å²) in [5.41, 5.74) is 0. The molecule has 6 heteroatoms. The second kappa shape index (κ2) is 8.33. The maximum absolute atomic E-state index is 10.4. The Morgan fingerprint density at radius 2 is 1.81 bits per heavy atom. The molecule has 1 saturated heterocycles. The van der Waals surface area contributed by atoms with Crippen molar-refractivity contribution in [2.75, 3.05) is 44.2 Å². The Labute approximate surface area is 159 Å². The number of aliphatic hydroxyl groups is 1. The summed E-state index contributed by atoms with van der Waals surface area (Å²) in [5, 5.41) is 12.7. The standard InChI is InChI=1S/C21H24N4O2/c26-19(16-27-20-6-5-17-3-1-2-4-18(17)13-20)15-24-9-11-25(12-10-24)21-14-22-7-8-23-21/h1-8,13-14,19,26H,9-12,15-16H2/t19-/m1/s1. The minimum absolute atomic E-state index is 0.294. The quantitative estimate of drug-likeness (QED) is 0.724. The third-order valence-electron chi connectivity index (χ3n) is 4.88. The molecule has 0 amide bonds. The van der Waals surface area contributed by atoms with Gasteiger partial charge in [-0.25, -0.2) is 4.98 Å². The van der Waals surface area contributed by atoms with Gasteiger partial charge in [-0.15, -0.1) is 0 Å². The van der Waals surface area contributed by atoms with Gasteiger partial charge in [-0.05, 0) is 22.9 Å². The zero-order chi connectivity index (χ0) is 18.5. The molecule has 0 unspecified atom stereocenters. The lowest BCUT2D eigenvalue weighted by molar-refractivity contribution is 0.0663. The summed E-state index contributed by atoms with van der Waals surface area (Å²) in [7, 11) is 0. The number of piperazine rings is 1. The smallest absolute Gasteiger partial charge is 0.147 e. The van der Waals surface area contributed by atoms with Gasteiger partial charge in [-0.3, -0.25) is 9.88 Å². The number of hydrogen-bond acceptors (Lipinski definition) is 6. The summed E-state index contributed by atoms with van der Waals surface area (Å²) in [6.45, 7) is 4.46. The van der Waals surface area contributed by atoms with E-state index in [1.165, 1.54) is 5.39 Å². The lowest BCUT2D eigenvalue weighted by Gasteiger charge is -2.36. The number of hydrogen-bond donors (Lipinski definition) is 1. The van der Waals surface area contributed by atoms with Crippen LogP contribution in [0.1, 0.15) is 0 Å². The summed E-state index contributed by atoms with van der Waals surface area (Å²) in [6.07, 6.45) is 4.68. The molecule has 1 aromatic heterocycles. The molecule has 1 aliphatic heterocycles. The minimum atomic E-state index is -0.514. The maximum atomic E-state index is 10.4. The average Bonchev–Trinajstić information content (AvgIpc) is 2.73. The van der Waals surface area contributed by atoms with Crippen molar-refractivity contribution in [2.24, 2.45) is 0 Å². The van der Waals surface area contributed by atoms with E-state index in [-0.39, 0.29) is 0 Å². The van der Waals surface area contributed by atoms with Gasteiger partial charge in [-0.1, -0.05) is 30.3 Å². The lowest BCUT2D eigenvalue weighted by atomic mass is 10.1. The van der Waals surface area contributed by atoms with E-state index >= 15 is 0 Å². The molecule has 1 fully saturated rings. The van der Waals surface area contributed by atoms with Crippen molar-refractivity contribution >= 4 is 16.6 Å². The molecule has 2 heterocycles. The van der Waals surface area contributed by atoms with E-state index in [9.17, 15) is 5.11 Å². The highest BCUT2D eigenvalue weighted by Crippen LogP contribution is 2.20. The molecule has 1 atom stereocenters. The van der Waals surface area contributed by atoms with Crippen molar-refractivity contribution in [2.45, 2.75) is 6.10 Å². The van der Waals surface area contributed by atoms with Crippen molar-refractivity contribution in [3.63, 3.8) is 0 Å². The highest BCUT2D eigenvalue weighted by Gasteiger charge is 2.20. The fraction of sp³-hybridized carbons (Fsp3) is 0.333. The molecular weight excluding hydrogens is 340 g/mol. The van der Waals surface area contributed by atoms with Crippen LogP contribution in [0.5, 0.6) is 5.75 Å². The monoisotopic (exact) mass is 364 g/mol. The van der Waals surface area contributed by atoms with E-state index in [1.807, 2.05) is 30.3 Å². The number of rotatable bonds is 6. The lowest BCUT2D eigenvalue weighted by Crippen LogP contribution is -2.49. The first-order valence-electron chi connectivity index (χ1n) is 9.31. The molecule has 27 heavy (non-hydrogen) atoms. The van der Waals surface area contributed by atoms with Gasteiger partial charge in [0.1, 0.15) is 24.3 Å². The zero-order valence-corrected chi connectivity index (χ0v) is 15.2. The van der Waals surface area contributed by atoms with Crippen LogP contribution in [-0.4, -0.2) is 65.4 Å². The number of anilines is 1. The van der Waals surface area contributed by atoms with Crippen LogP contribution in [0.2, 0.25) is 0 Å². The SMILES string of the molecule is O[C@@H](COc1ccc2ccccc2c1)CN1CCN(c2cnccn2)CC1. The van der Waals surface area contributed by atoms with E-state index in [2.05, 4.69) is 31.9 Å². The first kappa shape index (κ1) is 17.7. The second-order valence-corrected chi connectivity index (χ2v) is 6.83. The first-order valence-corrected chi connectivity index (χ1v) is 9.31. The van der Waals surface area contributed by atoms with Crippen molar-refractivity contribution in [3.8, 4) is 5.75 Å². The van der Waals surface area contributed by atoms with Crippen LogP contribution in [0.3, 0.4) is 0 Å². The summed E-state index contributed by atoms with van der Waals surface area (Å²) in [6, 6.07) is 14.2. The molecule has 4 rings (SSSR count). The van der Waals surface area contributed by atoms with Crippen LogP contribution < -0.4 is 9.64 Å². The van der Waals surface area contributed by atoms with Crippen LogP contribution in [0.4, 0.5) is 5.82 Å². The number of aromatic nitrogens is 2. The predicted molar refractivity (Wildman–Crippen MR) is 106 cm³/mol. The van der Waals surface area contributed by atoms with E-state index < -0.39 is 6.10 Å². The zero-order valence-electron chi connectivity index (χ0n) is 15.2. The molecule has 0 aliphatic carbocycles. The number of ether oxygens (including phenoxy) is 1. The Kier molecular flexibility index (Phi) is 5.46. The molecule has 0 radical (unpaired) electrons. The van der Waals surface area contributed by atoms with Gasteiger partial charge in [-0.2, -0.15) is 0 Å². The molecule has 3 aromatic rings. The van der Waals surface area contributed by atoms with E-state index in [0.717, 1.165) is 43.1 Å². The Morgan fingerprint density at radius 3 is 2.59 bits per heavy atom. The van der Waals surface area contributed by atoms with Gasteiger partial charge in [0.05, 0.1) is 6.20 Å². The van der Waals surface area contributed by atoms with Crippen LogP contribution in [0.25, 0.3) is 10.8 Å². The molecule has 0 spiro atoms. The molecular formula is C21H24N4O2. The Bertz CT molecular complexity index is 866. The Hall–Kier alpha value is -2.70. The van der Waals surface area contributed by atoms with Crippen LogP contribution >= 0.6 is 0 Å². The molecule has 1 N–H and O–H groups in total. The topological polar surface area (TPSA) is 61.7 Å². The Morgan fingerprint density at radius 1 is 1.00 bits per heavy atom. The highest BCUT2D eigenvalue weighted by atomic mass is 16.5. The summed E-state index contributed by atoms with van der Waals surface area (Å²) in [4.78, 5) is 13.0. The molecule has 0 saturated carbocycles. The third kappa shape index (κ3) is 4.53. The van der Waals surface area contributed by atoms with Gasteiger partial charge in [0, 0.05) is 45.1 Å². The van der Waals surface area contributed by atoms with Gasteiger partial charge in [0.2, 0.25) is 0 Å². The van der Waals surface area contributed by atoms with Crippen LogP contribution in [0, 0.1) is 0 Å². The summed E-state index contributed by atoms with van der Waals surface area (Å²) >= 11 is 0. The molecule has 6 nitrogen and oxygen atoms in total. The normalized spacial score (nSPS) is 16.4. The average molecular weight is 364 g/mol. The number of fused-ring (bicyclic) bond motifs is 1. The minimum Gasteiger partial charge on any atom is -0.491 e. The first-order chi connectivity index (χ1) is 13.3. The van der Waals surface area contributed by atoms with Crippen molar-refractivity contribution in [3.05, 3.63) is 61.1 Å². The summed E-state index contributed by atoms with van der Waals surface area (Å²) in [5.74, 6) is 1.71. The van der Waals surface area contributed by atoms with Gasteiger partial charge in [0.25, 0.3) is 0 Å². The summed E-state index contributed by atoms with van der Waals surface area (Å²) < 4.78 is 5.80. The van der Waals surface area contributed by atoms with Crippen molar-refractivity contribution in [1.82, 2.24) is 14.9 Å². The molecule has 2 aromatic carbocycles. The van der Waals surface area contributed by atoms with Crippen molar-refractivity contribution < 1.29 is 9.84 Å². The fourth-order valence-corrected chi connectivity index (χ4v) is 3.41. The number of benzene rings is 2. The van der Waals surface area contributed by atoms with Crippen LogP contribution in [-0.2, 0) is 0 Å². The highest BCUT2D eigenvalue weighted by molar-refractivity contribution is 5.83. The largest absolute Gasteiger partial charge is 0.491 e. The van der Waals surface area contributed by atoms with E-state index in [1.54, 1.807) is 18.6 Å². The maximum Gasteiger partial charge on any atom is 0.147 e. The number of aliphatic hydroxyl groups excluding tert-OH is 1. The van der Waals surface area contributed by atoms with E-state index in [4.69, 9.17) is 4.74 Å². The van der Waals surface area contributed by atoms with E-state index in [0.29, 0.717) is 13.2 Å². The second-order valence-electron chi connectivity index (χ2n) is 6.83. The predicted octanol–water partition coefficient (Wildman–Crippen LogP) is 2.19. The van der Waals surface area contributed by atoms with Gasteiger partial charge >= 0.3 is 0 Å². The molecule has 140 valence electrons. The number of nitrogens with zero attached hydrogens (tertiary/aromatic N) is 4. The Balaban J connectivity index is 1.24.